The molecule has 0 bridgehead atoms. The number of anilines is 1. The number of Topliss-reactive ketones (excluding diaryl/α,β-unsaturated/α-hetero) is 1. The molecule has 0 aliphatic carbocycles. The molecule has 1 aliphatic heterocycles. The van der Waals surface area contributed by atoms with Gasteiger partial charge in [0, 0.05) is 53.8 Å². The van der Waals surface area contributed by atoms with E-state index in [1.807, 2.05) is 44.3 Å². The summed E-state index contributed by atoms with van der Waals surface area (Å²) < 4.78 is 11.0. The van der Waals surface area contributed by atoms with E-state index in [0.717, 1.165) is 89.5 Å². The Labute approximate surface area is 253 Å². The third-order valence-electron chi connectivity index (χ3n) is 8.31. The highest BCUT2D eigenvalue weighted by Gasteiger charge is 2.22. The van der Waals surface area contributed by atoms with Crippen LogP contribution in [0, 0.1) is 6.92 Å². The highest BCUT2D eigenvalue weighted by molar-refractivity contribution is 5.91. The molecule has 0 unspecified atom stereocenters. The van der Waals surface area contributed by atoms with Gasteiger partial charge in [-0.2, -0.15) is 0 Å². The van der Waals surface area contributed by atoms with E-state index in [1.54, 1.807) is 7.11 Å². The Balaban J connectivity index is 1.35. The van der Waals surface area contributed by atoms with Crippen molar-refractivity contribution in [2.45, 2.75) is 64.8 Å². The van der Waals surface area contributed by atoms with Crippen LogP contribution >= 0.6 is 0 Å². The van der Waals surface area contributed by atoms with Gasteiger partial charge in [0.25, 0.3) is 0 Å². The number of para-hydroxylation sites is 1. The number of H-pyrrole nitrogens is 2. The van der Waals surface area contributed by atoms with Gasteiger partial charge >= 0.3 is 0 Å². The topological polar surface area (TPSA) is 112 Å². The quantitative estimate of drug-likeness (QED) is 0.156. The number of methoxy groups -OCH3 is 1. The second kappa shape index (κ2) is 14.4. The molecule has 3 heterocycles. The summed E-state index contributed by atoms with van der Waals surface area (Å²) >= 11 is 0. The number of aromatic amines is 2. The van der Waals surface area contributed by atoms with Crippen molar-refractivity contribution in [2.75, 3.05) is 38.3 Å². The Morgan fingerprint density at radius 2 is 1.91 bits per heavy atom. The summed E-state index contributed by atoms with van der Waals surface area (Å²) in [5, 5.41) is 4.26. The average molecular weight is 586 g/mol. The van der Waals surface area contributed by atoms with Gasteiger partial charge in [0.2, 0.25) is 5.91 Å². The van der Waals surface area contributed by atoms with E-state index in [-0.39, 0.29) is 18.4 Å². The van der Waals surface area contributed by atoms with Gasteiger partial charge in [0.15, 0.2) is 0 Å². The zero-order valence-electron chi connectivity index (χ0n) is 25.5. The number of amides is 1. The Morgan fingerprint density at radius 1 is 1.09 bits per heavy atom. The molecule has 0 saturated carbocycles. The van der Waals surface area contributed by atoms with Gasteiger partial charge in [0.1, 0.15) is 17.4 Å². The molecule has 1 atom stereocenters. The summed E-state index contributed by atoms with van der Waals surface area (Å²) in [6.07, 6.45) is 6.69. The van der Waals surface area contributed by atoms with Gasteiger partial charge in [-0.1, -0.05) is 38.0 Å². The molecule has 9 heteroatoms. The molecule has 43 heavy (non-hydrogen) atoms. The number of aryl methyl sites for hydroxylation is 1. The van der Waals surface area contributed by atoms with E-state index in [0.29, 0.717) is 31.8 Å². The summed E-state index contributed by atoms with van der Waals surface area (Å²) in [5.74, 6) is 1.73. The maximum atomic E-state index is 13.5. The first-order valence-corrected chi connectivity index (χ1v) is 15.4. The molecule has 3 N–H and O–H groups in total. The first-order valence-electron chi connectivity index (χ1n) is 15.4. The summed E-state index contributed by atoms with van der Waals surface area (Å²) in [5.41, 5.74) is 6.05. The number of morpholine rings is 1. The monoisotopic (exact) mass is 585 g/mol. The smallest absolute Gasteiger partial charge is 0.225 e. The van der Waals surface area contributed by atoms with Crippen LogP contribution < -0.4 is 15.0 Å². The Hall–Kier alpha value is -4.11. The first-order chi connectivity index (χ1) is 21.0. The lowest BCUT2D eigenvalue weighted by Gasteiger charge is -2.30. The van der Waals surface area contributed by atoms with Crippen molar-refractivity contribution < 1.29 is 19.1 Å². The number of carbonyl (C=O) groups is 2. The number of aromatic nitrogens is 3. The molecule has 9 nitrogen and oxygen atoms in total. The van der Waals surface area contributed by atoms with Gasteiger partial charge in [0.05, 0.1) is 44.7 Å². The highest BCUT2D eigenvalue weighted by Crippen LogP contribution is 2.32. The van der Waals surface area contributed by atoms with Crippen molar-refractivity contribution in [3.05, 3.63) is 65.7 Å². The second-order valence-electron chi connectivity index (χ2n) is 11.2. The first kappa shape index (κ1) is 30.4. The molecule has 4 aromatic rings. The van der Waals surface area contributed by atoms with Crippen LogP contribution in [0.4, 0.5) is 5.69 Å². The third kappa shape index (κ3) is 7.46. The Bertz CT molecular complexity index is 1530. The Morgan fingerprint density at radius 3 is 2.70 bits per heavy atom. The van der Waals surface area contributed by atoms with E-state index >= 15 is 0 Å². The van der Waals surface area contributed by atoms with Crippen molar-refractivity contribution in [3.63, 3.8) is 0 Å². The molecular formula is C34H43N5O4. The minimum absolute atomic E-state index is 0.0651. The fraction of sp³-hybridized carbons (Fsp3) is 0.441. The number of hydrogen-bond donors (Lipinski definition) is 3. The number of hydrogen-bond acceptors (Lipinski definition) is 6. The average Bonchev–Trinajstić information content (AvgIpc) is 3.65. The predicted octanol–water partition coefficient (Wildman–Crippen LogP) is 6.04. The Kier molecular flexibility index (Phi) is 10.1. The lowest BCUT2D eigenvalue weighted by atomic mass is 10.0. The van der Waals surface area contributed by atoms with Crippen LogP contribution in [0.25, 0.3) is 22.2 Å². The SMILES string of the molecule is CCC(=O)CCCCC[C@H](NC(=O)Cc1c(C)[nH]c2ccc(OC)cc12)c1ncc(-c2ccccc2N2CCOCC2)[nH]1. The van der Waals surface area contributed by atoms with E-state index < -0.39 is 0 Å². The number of nitrogens with one attached hydrogen (secondary N) is 3. The minimum Gasteiger partial charge on any atom is -0.497 e. The summed E-state index contributed by atoms with van der Waals surface area (Å²) in [7, 11) is 1.65. The number of rotatable bonds is 14. The lowest BCUT2D eigenvalue weighted by molar-refractivity contribution is -0.121. The number of nitrogens with zero attached hydrogens (tertiary/aromatic N) is 2. The number of unbranched alkanes of at least 4 members (excludes halogenated alkanes) is 2. The fourth-order valence-corrected chi connectivity index (χ4v) is 5.86. The third-order valence-corrected chi connectivity index (χ3v) is 8.31. The van der Waals surface area contributed by atoms with Crippen LogP contribution in [0.15, 0.2) is 48.7 Å². The number of carbonyl (C=O) groups excluding carboxylic acids is 2. The number of fused-ring (bicyclic) bond motifs is 1. The van der Waals surface area contributed by atoms with Gasteiger partial charge in [-0.3, -0.25) is 9.59 Å². The predicted molar refractivity (Wildman–Crippen MR) is 170 cm³/mol. The number of ether oxygens (including phenoxy) is 2. The zero-order valence-corrected chi connectivity index (χ0v) is 25.5. The fourth-order valence-electron chi connectivity index (χ4n) is 5.86. The second-order valence-corrected chi connectivity index (χ2v) is 11.2. The van der Waals surface area contributed by atoms with Crippen LogP contribution in [-0.4, -0.2) is 60.1 Å². The van der Waals surface area contributed by atoms with Gasteiger partial charge < -0.3 is 29.7 Å². The molecule has 1 fully saturated rings. The van der Waals surface area contributed by atoms with Crippen LogP contribution in [0.1, 0.15) is 68.6 Å². The van der Waals surface area contributed by atoms with Crippen molar-refractivity contribution in [3.8, 4) is 17.0 Å². The highest BCUT2D eigenvalue weighted by atomic mass is 16.5. The summed E-state index contributed by atoms with van der Waals surface area (Å²) in [6, 6.07) is 13.9. The lowest BCUT2D eigenvalue weighted by Crippen LogP contribution is -2.36. The van der Waals surface area contributed by atoms with Gasteiger partial charge in [-0.15, -0.1) is 0 Å². The normalized spacial score (nSPS) is 14.2. The molecule has 1 aliphatic rings. The standard InChI is InChI=1S/C34H43N5O4/c1-4-24(40)10-6-5-7-12-30(37-33(41)21-27-23(2)36-29-15-14-25(42-3)20-28(27)29)34-35-22-31(38-34)26-11-8-9-13-32(26)39-16-18-43-19-17-39/h8-9,11,13-15,20,22,30,36H,4-7,10,12,16-19,21H2,1-3H3,(H,35,38)(H,37,41)/t30-/m0/s1. The number of ketones is 1. The van der Waals surface area contributed by atoms with Crippen molar-refractivity contribution in [1.29, 1.82) is 0 Å². The van der Waals surface area contributed by atoms with Gasteiger partial charge in [-0.05, 0) is 49.6 Å². The van der Waals surface area contributed by atoms with Crippen molar-refractivity contribution in [1.82, 2.24) is 20.3 Å². The maximum Gasteiger partial charge on any atom is 0.225 e. The molecule has 2 aromatic carbocycles. The maximum absolute atomic E-state index is 13.5. The molecule has 1 saturated heterocycles. The number of imidazole rings is 1. The van der Waals surface area contributed by atoms with Crippen LogP contribution in [0.5, 0.6) is 5.75 Å². The van der Waals surface area contributed by atoms with E-state index in [9.17, 15) is 9.59 Å². The molecular weight excluding hydrogens is 542 g/mol. The summed E-state index contributed by atoms with van der Waals surface area (Å²) in [6.45, 7) is 7.01. The van der Waals surface area contributed by atoms with Crippen LogP contribution in [0.3, 0.4) is 0 Å². The molecule has 1 amide bonds. The number of benzene rings is 2. The van der Waals surface area contributed by atoms with E-state index in [4.69, 9.17) is 14.5 Å². The zero-order chi connectivity index (χ0) is 30.2. The van der Waals surface area contributed by atoms with Crippen molar-refractivity contribution >= 4 is 28.3 Å². The molecule has 5 rings (SSSR count). The van der Waals surface area contributed by atoms with E-state index in [1.165, 1.54) is 0 Å². The van der Waals surface area contributed by atoms with Crippen LogP contribution in [0.2, 0.25) is 0 Å². The molecule has 2 aromatic heterocycles. The summed E-state index contributed by atoms with van der Waals surface area (Å²) in [4.78, 5) is 39.4. The minimum atomic E-state index is -0.279. The van der Waals surface area contributed by atoms with Crippen molar-refractivity contribution in [2.24, 2.45) is 0 Å². The molecule has 0 radical (unpaired) electrons. The molecule has 228 valence electrons. The largest absolute Gasteiger partial charge is 0.497 e. The van der Waals surface area contributed by atoms with Gasteiger partial charge in [-0.25, -0.2) is 4.98 Å². The molecule has 0 spiro atoms. The van der Waals surface area contributed by atoms with E-state index in [2.05, 4.69) is 38.4 Å². The van der Waals surface area contributed by atoms with Crippen LogP contribution in [-0.2, 0) is 20.7 Å².